The van der Waals surface area contributed by atoms with Crippen LogP contribution in [0.4, 0.5) is 0 Å². The van der Waals surface area contributed by atoms with Crippen molar-refractivity contribution in [3.8, 4) is 11.5 Å². The number of carboxylic acid groups (broad SMARTS) is 1. The van der Waals surface area contributed by atoms with Crippen LogP contribution < -0.4 is 16.2 Å². The lowest BCUT2D eigenvalue weighted by molar-refractivity contribution is -0.138. The quantitative estimate of drug-likeness (QED) is 0.105. The number of phenolic OH excluding ortho intramolecular Hbond substituents is 1. The van der Waals surface area contributed by atoms with E-state index < -0.39 is 12.0 Å². The molecule has 0 unspecified atom stereocenters. The number of carbonyl (C=O) groups excluding carboxylic acids is 1. The summed E-state index contributed by atoms with van der Waals surface area (Å²) >= 11 is 0. The minimum Gasteiger partial charge on any atom is -0.508 e. The van der Waals surface area contributed by atoms with Crippen LogP contribution in [0.25, 0.3) is 32.7 Å². The third-order valence-corrected chi connectivity index (χ3v) is 7.55. The van der Waals surface area contributed by atoms with Crippen molar-refractivity contribution in [3.63, 3.8) is 0 Å². The van der Waals surface area contributed by atoms with Crippen LogP contribution in [0.1, 0.15) is 36.5 Å². The maximum atomic E-state index is 10.9. The first kappa shape index (κ1) is 32.8. The summed E-state index contributed by atoms with van der Waals surface area (Å²) in [4.78, 5) is 31.0. The van der Waals surface area contributed by atoms with Crippen LogP contribution >= 0.6 is 0 Å². The Morgan fingerprint density at radius 2 is 1.42 bits per heavy atom. The predicted molar refractivity (Wildman–Crippen MR) is 179 cm³/mol. The maximum absolute atomic E-state index is 10.9. The van der Waals surface area contributed by atoms with Crippen LogP contribution in [0, 0.1) is 0 Å². The number of ketones is 1. The normalized spacial score (nSPS) is 11.5. The predicted octanol–water partition coefficient (Wildman–Crippen LogP) is 5.59. The molecule has 0 saturated heterocycles. The van der Waals surface area contributed by atoms with E-state index >= 15 is 0 Å². The van der Waals surface area contributed by atoms with Gasteiger partial charge >= 0.3 is 5.97 Å². The number of phenols is 1. The highest BCUT2D eigenvalue weighted by Crippen LogP contribution is 2.25. The number of aromatic amines is 3. The fourth-order valence-electron chi connectivity index (χ4n) is 5.17. The Labute approximate surface area is 261 Å². The first-order chi connectivity index (χ1) is 21.7. The number of carboxylic acids is 1. The van der Waals surface area contributed by atoms with Crippen molar-refractivity contribution < 1.29 is 24.5 Å². The van der Waals surface area contributed by atoms with Gasteiger partial charge in [0.05, 0.1) is 7.11 Å². The number of hydrogen-bond acceptors (Lipinski definition) is 6. The van der Waals surface area contributed by atoms with Gasteiger partial charge in [-0.25, -0.2) is 0 Å². The van der Waals surface area contributed by atoms with Crippen molar-refractivity contribution in [2.75, 3.05) is 13.7 Å². The molecule has 3 heterocycles. The summed E-state index contributed by atoms with van der Waals surface area (Å²) in [5, 5.41) is 21.3. The molecule has 236 valence electrons. The number of ether oxygens (including phenoxy) is 1. The molecule has 0 amide bonds. The summed E-state index contributed by atoms with van der Waals surface area (Å²) in [6.45, 7) is 2.26. The van der Waals surface area contributed by atoms with Gasteiger partial charge in [-0.15, -0.1) is 0 Å². The van der Waals surface area contributed by atoms with E-state index in [1.807, 2.05) is 67.1 Å². The number of nitrogens with two attached hydrogens (primary N) is 2. The van der Waals surface area contributed by atoms with Crippen LogP contribution in [0.15, 0.2) is 79.3 Å². The van der Waals surface area contributed by atoms with Gasteiger partial charge in [0.25, 0.3) is 0 Å². The molecule has 0 bridgehead atoms. The number of aromatic nitrogens is 3. The van der Waals surface area contributed by atoms with Gasteiger partial charge in [-0.3, -0.25) is 4.79 Å². The van der Waals surface area contributed by atoms with Crippen molar-refractivity contribution >= 4 is 44.5 Å². The summed E-state index contributed by atoms with van der Waals surface area (Å²) in [6.07, 6.45) is 9.43. The first-order valence-electron chi connectivity index (χ1n) is 14.9. The molecule has 9 N–H and O–H groups in total. The third-order valence-electron chi connectivity index (χ3n) is 7.55. The Balaban J connectivity index is 0.000000155. The highest BCUT2D eigenvalue weighted by atomic mass is 16.5. The number of benzene rings is 3. The monoisotopic (exact) mass is 611 g/mol. The van der Waals surface area contributed by atoms with E-state index in [9.17, 15) is 14.7 Å². The van der Waals surface area contributed by atoms with Gasteiger partial charge in [-0.05, 0) is 91.9 Å². The first-order valence-corrected chi connectivity index (χ1v) is 14.9. The van der Waals surface area contributed by atoms with Crippen molar-refractivity contribution in [2.45, 2.75) is 45.1 Å². The molecule has 3 aromatic heterocycles. The van der Waals surface area contributed by atoms with Gasteiger partial charge in [0.15, 0.2) is 0 Å². The molecule has 10 nitrogen and oxygen atoms in total. The van der Waals surface area contributed by atoms with E-state index in [0.717, 1.165) is 63.5 Å². The minimum atomic E-state index is -0.972. The van der Waals surface area contributed by atoms with Crippen molar-refractivity contribution in [2.24, 2.45) is 11.5 Å². The van der Waals surface area contributed by atoms with Crippen LogP contribution in [-0.2, 0) is 28.9 Å². The van der Waals surface area contributed by atoms with Gasteiger partial charge in [0.2, 0.25) is 0 Å². The van der Waals surface area contributed by atoms with Crippen molar-refractivity contribution in [1.29, 1.82) is 0 Å². The van der Waals surface area contributed by atoms with Gasteiger partial charge < -0.3 is 46.2 Å². The second kappa shape index (κ2) is 15.6. The number of aliphatic carboxylic acids is 1. The molecule has 0 aliphatic carbocycles. The Hall–Kier alpha value is -5.06. The van der Waals surface area contributed by atoms with E-state index in [-0.39, 0.29) is 5.78 Å². The number of Topliss-reactive ketones (excluding diaryl/α,β-unsaturated/α-hetero) is 1. The van der Waals surface area contributed by atoms with E-state index in [0.29, 0.717) is 25.1 Å². The van der Waals surface area contributed by atoms with Crippen LogP contribution in [0.3, 0.4) is 0 Å². The smallest absolute Gasteiger partial charge is 0.320 e. The number of H-pyrrole nitrogens is 3. The number of aromatic hydroxyl groups is 1. The number of carbonyl (C=O) groups is 2. The zero-order valence-corrected chi connectivity index (χ0v) is 25.6. The number of para-hydroxylation sites is 1. The van der Waals surface area contributed by atoms with E-state index in [1.165, 1.54) is 10.9 Å². The molecule has 45 heavy (non-hydrogen) atoms. The van der Waals surface area contributed by atoms with E-state index in [2.05, 4.69) is 15.0 Å². The fourth-order valence-corrected chi connectivity index (χ4v) is 5.17. The lowest BCUT2D eigenvalue weighted by Gasteiger charge is -2.04. The van der Waals surface area contributed by atoms with Gasteiger partial charge in [-0.1, -0.05) is 18.2 Å². The molecule has 0 fully saturated rings. The summed E-state index contributed by atoms with van der Waals surface area (Å²) in [6, 6.07) is 18.2. The van der Waals surface area contributed by atoms with E-state index in [1.54, 1.807) is 26.2 Å². The number of hydrogen-bond donors (Lipinski definition) is 7. The molecule has 1 atom stereocenters. The minimum absolute atomic E-state index is 0.252. The van der Waals surface area contributed by atoms with Crippen LogP contribution in [-0.4, -0.2) is 56.6 Å². The zero-order valence-electron chi connectivity index (χ0n) is 25.6. The number of fused-ring (bicyclic) bond motifs is 3. The molecular formula is C35H41N5O5. The third kappa shape index (κ3) is 8.75. The van der Waals surface area contributed by atoms with Gasteiger partial charge in [-0.2, -0.15) is 0 Å². The summed E-state index contributed by atoms with van der Waals surface area (Å²) < 4.78 is 5.22. The zero-order chi connectivity index (χ0) is 32.3. The molecule has 0 saturated carbocycles. The SMILES string of the molecule is COc1ccc2[nH]cc(CCCC(C)=O)c2c1.NCCc1c[nH]c2ccc(O)cc12.N[C@@H](Cc1c[nH]c2ccccc12)C(=O)O. The molecule has 6 rings (SSSR count). The molecule has 0 aliphatic rings. The van der Waals surface area contributed by atoms with Gasteiger partial charge in [0, 0.05) is 64.1 Å². The maximum Gasteiger partial charge on any atom is 0.320 e. The topological polar surface area (TPSA) is 183 Å². The average Bonchev–Trinajstić information content (AvgIpc) is 3.75. The van der Waals surface area contributed by atoms with Crippen LogP contribution in [0.2, 0.25) is 0 Å². The molecule has 0 radical (unpaired) electrons. The number of nitrogens with one attached hydrogen (secondary N) is 3. The standard InChI is InChI=1S/C14H17NO2.C11H12N2O2.C10H12N2O/c1-10(16)4-3-5-11-9-15-14-7-6-12(17-2)8-13(11)14;12-9(11(14)15)5-7-6-13-10-4-2-1-3-8(7)10;11-4-3-7-6-12-10-2-1-8(13)5-9(7)10/h6-9,15H,3-5H2,1-2H3;1-4,6,9,13H,5,12H2,(H,14,15);1-2,5-6,12-13H,3-4,11H2/t;9-;/m.0./s1. The molecule has 0 spiro atoms. The summed E-state index contributed by atoms with van der Waals surface area (Å²) in [5.74, 6) is 0.443. The fraction of sp³-hybridized carbons (Fsp3) is 0.257. The highest BCUT2D eigenvalue weighted by Gasteiger charge is 2.14. The Morgan fingerprint density at radius 3 is 2.07 bits per heavy atom. The van der Waals surface area contributed by atoms with Crippen molar-refractivity contribution in [3.05, 3.63) is 95.9 Å². The lowest BCUT2D eigenvalue weighted by Crippen LogP contribution is -2.32. The molecule has 3 aromatic carbocycles. The van der Waals surface area contributed by atoms with Crippen molar-refractivity contribution in [1.82, 2.24) is 15.0 Å². The van der Waals surface area contributed by atoms with E-state index in [4.69, 9.17) is 21.3 Å². The van der Waals surface area contributed by atoms with Crippen LogP contribution in [0.5, 0.6) is 11.5 Å². The second-order valence-electron chi connectivity index (χ2n) is 10.9. The Morgan fingerprint density at radius 1 is 0.822 bits per heavy atom. The molecule has 6 aromatic rings. The molecule has 10 heteroatoms. The molecular weight excluding hydrogens is 570 g/mol. The Bertz CT molecular complexity index is 1870. The lowest BCUT2D eigenvalue weighted by atomic mass is 10.1. The van der Waals surface area contributed by atoms with Gasteiger partial charge in [0.1, 0.15) is 23.3 Å². The number of aryl methyl sites for hydroxylation is 1. The second-order valence-corrected chi connectivity index (χ2v) is 10.9. The average molecular weight is 612 g/mol. The summed E-state index contributed by atoms with van der Waals surface area (Å²) in [7, 11) is 1.67. The number of rotatable bonds is 10. The summed E-state index contributed by atoms with van der Waals surface area (Å²) in [5.41, 5.74) is 17.5. The number of methoxy groups -OCH3 is 1. The molecule has 0 aliphatic heterocycles. The Kier molecular flexibility index (Phi) is 11.4. The highest BCUT2D eigenvalue weighted by molar-refractivity contribution is 5.86. The largest absolute Gasteiger partial charge is 0.508 e.